The normalized spacial score (nSPS) is 13.3. The Morgan fingerprint density at radius 3 is 2.31 bits per heavy atom. The van der Waals surface area contributed by atoms with Crippen molar-refractivity contribution < 1.29 is 5.11 Å². The molecule has 0 aromatic rings. The first-order valence-corrected chi connectivity index (χ1v) is 6.82. The van der Waals surface area contributed by atoms with E-state index < -0.39 is 0 Å². The lowest BCUT2D eigenvalue weighted by atomic mass is 10.0. The largest absolute Gasteiger partial charge is 0.396 e. The van der Waals surface area contributed by atoms with E-state index in [9.17, 15) is 0 Å². The summed E-state index contributed by atoms with van der Waals surface area (Å²) in [5.41, 5.74) is 0. The van der Waals surface area contributed by atoms with Gasteiger partial charge in [-0.25, -0.2) is 0 Å². The number of nitrogens with zero attached hydrogens (tertiary/aromatic N) is 1. The third-order valence-electron chi connectivity index (χ3n) is 3.17. The van der Waals surface area contributed by atoms with Crippen molar-refractivity contribution in [3.63, 3.8) is 0 Å². The van der Waals surface area contributed by atoms with Crippen LogP contribution in [0.3, 0.4) is 0 Å². The molecule has 98 valence electrons. The van der Waals surface area contributed by atoms with Crippen molar-refractivity contribution >= 4 is 0 Å². The molecule has 0 saturated heterocycles. The van der Waals surface area contributed by atoms with Gasteiger partial charge in [0.1, 0.15) is 0 Å². The Labute approximate surface area is 101 Å². The van der Waals surface area contributed by atoms with Crippen LogP contribution in [0.2, 0.25) is 0 Å². The Hall–Kier alpha value is -0.120. The van der Waals surface area contributed by atoms with Gasteiger partial charge in [0.05, 0.1) is 0 Å². The minimum absolute atomic E-state index is 0.322. The standard InChI is InChI=1S/C13H30N2O/c1-4-7-13(8-11-16)12-14-9-10-15(5-2)6-3/h13-14,16H,4-12H2,1-3H3. The highest BCUT2D eigenvalue weighted by Gasteiger charge is 2.06. The van der Waals surface area contributed by atoms with Crippen LogP contribution in [0.5, 0.6) is 0 Å². The van der Waals surface area contributed by atoms with E-state index in [0.29, 0.717) is 12.5 Å². The summed E-state index contributed by atoms with van der Waals surface area (Å²) in [6.45, 7) is 12.4. The lowest BCUT2D eigenvalue weighted by Crippen LogP contribution is -2.34. The summed E-state index contributed by atoms with van der Waals surface area (Å²) in [5.74, 6) is 0.645. The van der Waals surface area contributed by atoms with Gasteiger partial charge >= 0.3 is 0 Å². The van der Waals surface area contributed by atoms with Gasteiger partial charge in [0.15, 0.2) is 0 Å². The monoisotopic (exact) mass is 230 g/mol. The summed E-state index contributed by atoms with van der Waals surface area (Å²) in [7, 11) is 0. The average Bonchev–Trinajstić information content (AvgIpc) is 2.30. The van der Waals surface area contributed by atoms with Crippen molar-refractivity contribution in [2.45, 2.75) is 40.0 Å². The number of hydrogen-bond acceptors (Lipinski definition) is 3. The lowest BCUT2D eigenvalue weighted by molar-refractivity contribution is 0.244. The average molecular weight is 230 g/mol. The highest BCUT2D eigenvalue weighted by atomic mass is 16.3. The first-order valence-electron chi connectivity index (χ1n) is 6.82. The van der Waals surface area contributed by atoms with Crippen LogP contribution in [0.1, 0.15) is 40.0 Å². The summed E-state index contributed by atoms with van der Waals surface area (Å²) in [6.07, 6.45) is 3.37. The zero-order valence-corrected chi connectivity index (χ0v) is 11.3. The summed E-state index contributed by atoms with van der Waals surface area (Å²) in [4.78, 5) is 2.42. The van der Waals surface area contributed by atoms with Crippen LogP contribution in [-0.2, 0) is 0 Å². The molecule has 0 amide bonds. The minimum Gasteiger partial charge on any atom is -0.396 e. The third kappa shape index (κ3) is 8.08. The van der Waals surface area contributed by atoms with Crippen molar-refractivity contribution in [3.05, 3.63) is 0 Å². The SMILES string of the molecule is CCCC(CCO)CNCCN(CC)CC. The summed E-state index contributed by atoms with van der Waals surface area (Å²) >= 11 is 0. The van der Waals surface area contributed by atoms with Gasteiger partial charge in [-0.15, -0.1) is 0 Å². The van der Waals surface area contributed by atoms with Crippen molar-refractivity contribution in [3.8, 4) is 0 Å². The predicted molar refractivity (Wildman–Crippen MR) is 70.8 cm³/mol. The van der Waals surface area contributed by atoms with Gasteiger partial charge in [-0.2, -0.15) is 0 Å². The molecule has 1 unspecified atom stereocenters. The molecule has 0 aromatic carbocycles. The highest BCUT2D eigenvalue weighted by Crippen LogP contribution is 2.08. The van der Waals surface area contributed by atoms with E-state index in [2.05, 4.69) is 31.0 Å². The molecule has 16 heavy (non-hydrogen) atoms. The molecule has 0 aliphatic rings. The molecule has 0 radical (unpaired) electrons. The summed E-state index contributed by atoms with van der Waals surface area (Å²) in [5, 5.41) is 12.4. The maximum absolute atomic E-state index is 8.95. The van der Waals surface area contributed by atoms with Crippen LogP contribution >= 0.6 is 0 Å². The number of hydrogen-bond donors (Lipinski definition) is 2. The molecular formula is C13H30N2O. The zero-order chi connectivity index (χ0) is 12.2. The molecule has 3 heteroatoms. The maximum atomic E-state index is 8.95. The Morgan fingerprint density at radius 1 is 1.12 bits per heavy atom. The molecule has 0 bridgehead atoms. The van der Waals surface area contributed by atoms with E-state index in [1.54, 1.807) is 0 Å². The maximum Gasteiger partial charge on any atom is 0.0434 e. The number of nitrogens with one attached hydrogen (secondary N) is 1. The predicted octanol–water partition coefficient (Wildman–Crippen LogP) is 1.72. The second-order valence-electron chi connectivity index (χ2n) is 4.40. The minimum atomic E-state index is 0.322. The highest BCUT2D eigenvalue weighted by molar-refractivity contribution is 4.63. The molecule has 0 fully saturated rings. The molecule has 0 saturated carbocycles. The van der Waals surface area contributed by atoms with Crippen molar-refractivity contribution in [1.82, 2.24) is 10.2 Å². The van der Waals surface area contributed by atoms with Crippen LogP contribution in [-0.4, -0.2) is 49.3 Å². The van der Waals surface area contributed by atoms with Gasteiger partial charge in [0.2, 0.25) is 0 Å². The topological polar surface area (TPSA) is 35.5 Å². The molecule has 1 atom stereocenters. The Balaban J connectivity index is 3.52. The molecule has 0 aromatic heterocycles. The molecule has 0 aliphatic heterocycles. The quantitative estimate of drug-likeness (QED) is 0.531. The third-order valence-corrected chi connectivity index (χ3v) is 3.17. The molecule has 0 heterocycles. The van der Waals surface area contributed by atoms with E-state index in [4.69, 9.17) is 5.11 Å². The van der Waals surface area contributed by atoms with Gasteiger partial charge in [-0.1, -0.05) is 27.2 Å². The lowest BCUT2D eigenvalue weighted by Gasteiger charge is -2.20. The van der Waals surface area contributed by atoms with Crippen LogP contribution in [0.4, 0.5) is 0 Å². The van der Waals surface area contributed by atoms with E-state index in [-0.39, 0.29) is 0 Å². The van der Waals surface area contributed by atoms with Crippen LogP contribution in [0.25, 0.3) is 0 Å². The molecule has 0 spiro atoms. The van der Waals surface area contributed by atoms with Crippen LogP contribution in [0, 0.1) is 5.92 Å². The van der Waals surface area contributed by atoms with Crippen LogP contribution in [0.15, 0.2) is 0 Å². The summed E-state index contributed by atoms with van der Waals surface area (Å²) in [6, 6.07) is 0. The van der Waals surface area contributed by atoms with Crippen molar-refractivity contribution in [2.24, 2.45) is 5.92 Å². The fourth-order valence-electron chi connectivity index (χ4n) is 2.02. The van der Waals surface area contributed by atoms with Crippen LogP contribution < -0.4 is 5.32 Å². The number of likely N-dealkylation sites (N-methyl/N-ethyl adjacent to an activating group) is 1. The molecule has 0 rings (SSSR count). The first-order chi connectivity index (χ1) is 7.78. The fourth-order valence-corrected chi connectivity index (χ4v) is 2.02. The van der Waals surface area contributed by atoms with E-state index in [1.807, 2.05) is 0 Å². The van der Waals surface area contributed by atoms with Gasteiger partial charge in [-0.05, 0) is 38.4 Å². The fraction of sp³-hybridized carbons (Fsp3) is 1.00. The molecule has 3 nitrogen and oxygen atoms in total. The molecular weight excluding hydrogens is 200 g/mol. The number of aliphatic hydroxyl groups excluding tert-OH is 1. The summed E-state index contributed by atoms with van der Waals surface area (Å²) < 4.78 is 0. The van der Waals surface area contributed by atoms with Gasteiger partial charge in [0, 0.05) is 19.7 Å². The van der Waals surface area contributed by atoms with E-state index >= 15 is 0 Å². The van der Waals surface area contributed by atoms with Gasteiger partial charge in [-0.3, -0.25) is 0 Å². The second-order valence-corrected chi connectivity index (χ2v) is 4.40. The number of rotatable bonds is 11. The van der Waals surface area contributed by atoms with E-state index in [0.717, 1.165) is 39.1 Å². The van der Waals surface area contributed by atoms with Crippen molar-refractivity contribution in [1.29, 1.82) is 0 Å². The molecule has 2 N–H and O–H groups in total. The Morgan fingerprint density at radius 2 is 1.81 bits per heavy atom. The number of aliphatic hydroxyl groups is 1. The van der Waals surface area contributed by atoms with E-state index in [1.165, 1.54) is 12.8 Å². The first kappa shape index (κ1) is 15.9. The smallest absolute Gasteiger partial charge is 0.0434 e. The second kappa shape index (κ2) is 11.4. The molecule has 0 aliphatic carbocycles. The van der Waals surface area contributed by atoms with Gasteiger partial charge in [0.25, 0.3) is 0 Å². The zero-order valence-electron chi connectivity index (χ0n) is 11.3. The Kier molecular flexibility index (Phi) is 11.3. The van der Waals surface area contributed by atoms with Crippen molar-refractivity contribution in [2.75, 3.05) is 39.3 Å². The Bertz CT molecular complexity index is 132. The van der Waals surface area contributed by atoms with Gasteiger partial charge < -0.3 is 15.3 Å².